The van der Waals surface area contributed by atoms with E-state index in [1.807, 2.05) is 12.1 Å². The lowest BCUT2D eigenvalue weighted by molar-refractivity contribution is -0.117. The maximum atomic E-state index is 11.9. The van der Waals surface area contributed by atoms with E-state index < -0.39 is 11.5 Å². The van der Waals surface area contributed by atoms with Crippen molar-refractivity contribution >= 4 is 5.91 Å². The second-order valence-corrected chi connectivity index (χ2v) is 8.62. The first-order valence-corrected chi connectivity index (χ1v) is 9.75. The Morgan fingerprint density at radius 3 is 2.76 bits per heavy atom. The summed E-state index contributed by atoms with van der Waals surface area (Å²) in [4.78, 5) is 14.2. The molecule has 2 saturated carbocycles. The summed E-state index contributed by atoms with van der Waals surface area (Å²) in [7, 11) is 0. The van der Waals surface area contributed by atoms with Crippen LogP contribution in [0.25, 0.3) is 0 Å². The van der Waals surface area contributed by atoms with Crippen molar-refractivity contribution in [3.05, 3.63) is 34.9 Å². The molecule has 1 heterocycles. The van der Waals surface area contributed by atoms with Gasteiger partial charge in [-0.2, -0.15) is 0 Å². The lowest BCUT2D eigenvalue weighted by Crippen LogP contribution is -2.65. The van der Waals surface area contributed by atoms with Crippen LogP contribution in [0, 0.1) is 12.8 Å². The fraction of sp³-hybridized carbons (Fsp3) is 0.667. The number of aryl methyl sites for hydroxylation is 1. The molecule has 0 unspecified atom stereocenters. The first-order valence-electron chi connectivity index (χ1n) is 9.75. The Balaban J connectivity index is 1.75. The lowest BCUT2D eigenvalue weighted by atomic mass is 9.61. The molecule has 0 aromatic heterocycles. The zero-order chi connectivity index (χ0) is 17.8. The maximum absolute atomic E-state index is 11.9. The van der Waals surface area contributed by atoms with Gasteiger partial charge in [0, 0.05) is 23.6 Å². The van der Waals surface area contributed by atoms with Crippen molar-refractivity contribution in [2.75, 3.05) is 13.1 Å². The molecule has 4 rings (SSSR count). The number of fused-ring (bicyclic) bond motifs is 1. The average Bonchev–Trinajstić information content (AvgIpc) is 3.32. The summed E-state index contributed by atoms with van der Waals surface area (Å²) >= 11 is 0. The van der Waals surface area contributed by atoms with Gasteiger partial charge in [0.2, 0.25) is 5.91 Å². The molecule has 136 valence electrons. The number of benzene rings is 1. The largest absolute Gasteiger partial charge is 0.387 e. The van der Waals surface area contributed by atoms with Crippen LogP contribution in [0.4, 0.5) is 0 Å². The van der Waals surface area contributed by atoms with Crippen LogP contribution in [0.3, 0.4) is 0 Å². The third-order valence-electron chi connectivity index (χ3n) is 7.28. The number of primary amides is 1. The monoisotopic (exact) mass is 342 g/mol. The minimum Gasteiger partial charge on any atom is -0.387 e. The minimum absolute atomic E-state index is 0.154. The van der Waals surface area contributed by atoms with Gasteiger partial charge >= 0.3 is 0 Å². The number of carbonyl (C=O) groups is 1. The molecular formula is C21H30N2O2. The van der Waals surface area contributed by atoms with E-state index in [4.69, 9.17) is 5.73 Å². The van der Waals surface area contributed by atoms with E-state index in [-0.39, 0.29) is 11.5 Å². The Morgan fingerprint density at radius 1 is 1.32 bits per heavy atom. The summed E-state index contributed by atoms with van der Waals surface area (Å²) in [5, 5.41) is 11.9. The summed E-state index contributed by atoms with van der Waals surface area (Å²) in [6.07, 6.45) is 6.52. The summed E-state index contributed by atoms with van der Waals surface area (Å²) in [5.74, 6) is 0.443. The molecule has 1 amide bonds. The zero-order valence-electron chi connectivity index (χ0n) is 15.4. The number of carbonyl (C=O) groups excluding carboxylic acids is 1. The van der Waals surface area contributed by atoms with E-state index in [0.717, 1.165) is 55.8 Å². The van der Waals surface area contributed by atoms with Crippen molar-refractivity contribution in [3.63, 3.8) is 0 Å². The molecular weight excluding hydrogens is 312 g/mol. The Hall–Kier alpha value is -1.39. The predicted molar refractivity (Wildman–Crippen MR) is 98.6 cm³/mol. The van der Waals surface area contributed by atoms with Crippen molar-refractivity contribution in [1.29, 1.82) is 0 Å². The first kappa shape index (κ1) is 17.0. The molecule has 1 saturated heterocycles. The van der Waals surface area contributed by atoms with Crippen LogP contribution < -0.4 is 5.73 Å². The molecule has 4 heteroatoms. The van der Waals surface area contributed by atoms with E-state index in [0.29, 0.717) is 5.56 Å². The van der Waals surface area contributed by atoms with Crippen molar-refractivity contribution in [1.82, 2.24) is 4.90 Å². The standard InChI is InChI=1S/C21H30N2O2/c1-14-4-7-17(19(22)24)12-18(14)20-8-3-9-21(20,25)15(2)23(11-10-20)13-16-5-6-16/h4,7,12,15-16,25H,3,5-6,8-11,13H2,1-2H3,(H2,22,24)/t15-,20+,21-/m1/s1. The fourth-order valence-electron chi connectivity index (χ4n) is 5.57. The van der Waals surface area contributed by atoms with Gasteiger partial charge in [-0.05, 0) is 88.1 Å². The van der Waals surface area contributed by atoms with E-state index in [1.165, 1.54) is 12.8 Å². The van der Waals surface area contributed by atoms with Crippen LogP contribution >= 0.6 is 0 Å². The second kappa shape index (κ2) is 5.82. The van der Waals surface area contributed by atoms with Gasteiger partial charge in [-0.3, -0.25) is 9.69 Å². The van der Waals surface area contributed by atoms with Crippen molar-refractivity contribution in [2.24, 2.45) is 11.7 Å². The van der Waals surface area contributed by atoms with E-state index >= 15 is 0 Å². The highest BCUT2D eigenvalue weighted by molar-refractivity contribution is 5.93. The second-order valence-electron chi connectivity index (χ2n) is 8.62. The van der Waals surface area contributed by atoms with Gasteiger partial charge in [-0.15, -0.1) is 0 Å². The Bertz CT molecular complexity index is 699. The van der Waals surface area contributed by atoms with Gasteiger partial charge in [0.1, 0.15) is 0 Å². The molecule has 1 aromatic rings. The molecule has 3 fully saturated rings. The summed E-state index contributed by atoms with van der Waals surface area (Å²) in [5.41, 5.74) is 7.42. The summed E-state index contributed by atoms with van der Waals surface area (Å²) in [6.45, 7) is 6.45. The van der Waals surface area contributed by atoms with Gasteiger partial charge < -0.3 is 10.8 Å². The molecule has 25 heavy (non-hydrogen) atoms. The number of piperidine rings is 1. The van der Waals surface area contributed by atoms with Crippen molar-refractivity contribution in [2.45, 2.75) is 69.4 Å². The highest BCUT2D eigenvalue weighted by Gasteiger charge is 2.61. The lowest BCUT2D eigenvalue weighted by Gasteiger charge is -2.55. The average molecular weight is 342 g/mol. The zero-order valence-corrected chi connectivity index (χ0v) is 15.4. The maximum Gasteiger partial charge on any atom is 0.248 e. The molecule has 1 aromatic carbocycles. The Kier molecular flexibility index (Phi) is 3.97. The van der Waals surface area contributed by atoms with Crippen LogP contribution in [0.2, 0.25) is 0 Å². The van der Waals surface area contributed by atoms with E-state index in [1.54, 1.807) is 6.07 Å². The molecule has 0 radical (unpaired) electrons. The quantitative estimate of drug-likeness (QED) is 0.884. The van der Waals surface area contributed by atoms with Crippen LogP contribution in [-0.2, 0) is 5.41 Å². The van der Waals surface area contributed by atoms with Gasteiger partial charge in [-0.25, -0.2) is 0 Å². The summed E-state index contributed by atoms with van der Waals surface area (Å²) < 4.78 is 0. The molecule has 3 aliphatic rings. The molecule has 4 nitrogen and oxygen atoms in total. The molecule has 1 aliphatic heterocycles. The van der Waals surface area contributed by atoms with E-state index in [2.05, 4.69) is 18.7 Å². The third kappa shape index (κ3) is 2.53. The van der Waals surface area contributed by atoms with Gasteiger partial charge in [-0.1, -0.05) is 6.07 Å². The Morgan fingerprint density at radius 2 is 2.08 bits per heavy atom. The molecule has 0 bridgehead atoms. The minimum atomic E-state index is -0.721. The first-order chi connectivity index (χ1) is 11.9. The number of hydrogen-bond donors (Lipinski definition) is 2. The predicted octanol–water partition coefficient (Wildman–Crippen LogP) is 2.75. The SMILES string of the molecule is Cc1ccc(C(N)=O)cc1[C@@]12CCC[C@@]1(O)[C@@H](C)N(CC1CC1)CC2. The number of aliphatic hydroxyl groups is 1. The molecule has 3 atom stereocenters. The molecule has 3 N–H and O–H groups in total. The van der Waals surface area contributed by atoms with Crippen LogP contribution in [0.1, 0.15) is 66.9 Å². The number of amides is 1. The normalized spacial score (nSPS) is 35.6. The number of nitrogens with two attached hydrogens (primary N) is 1. The van der Waals surface area contributed by atoms with Gasteiger partial charge in [0.15, 0.2) is 0 Å². The number of nitrogens with zero attached hydrogens (tertiary/aromatic N) is 1. The van der Waals surface area contributed by atoms with E-state index in [9.17, 15) is 9.90 Å². The number of hydrogen-bond acceptors (Lipinski definition) is 3. The Labute approximate surface area is 150 Å². The number of rotatable bonds is 4. The smallest absolute Gasteiger partial charge is 0.248 e. The van der Waals surface area contributed by atoms with Gasteiger partial charge in [0.05, 0.1) is 5.60 Å². The van der Waals surface area contributed by atoms with Crippen molar-refractivity contribution in [3.8, 4) is 0 Å². The van der Waals surface area contributed by atoms with Crippen LogP contribution in [-0.4, -0.2) is 40.6 Å². The third-order valence-corrected chi connectivity index (χ3v) is 7.28. The van der Waals surface area contributed by atoms with Crippen LogP contribution in [0.5, 0.6) is 0 Å². The van der Waals surface area contributed by atoms with Crippen LogP contribution in [0.15, 0.2) is 18.2 Å². The van der Waals surface area contributed by atoms with Gasteiger partial charge in [0.25, 0.3) is 0 Å². The molecule has 2 aliphatic carbocycles. The molecule has 0 spiro atoms. The topological polar surface area (TPSA) is 66.6 Å². The van der Waals surface area contributed by atoms with Crippen molar-refractivity contribution < 1.29 is 9.90 Å². The number of likely N-dealkylation sites (tertiary alicyclic amines) is 1. The highest BCUT2D eigenvalue weighted by Crippen LogP contribution is 2.56. The summed E-state index contributed by atoms with van der Waals surface area (Å²) in [6, 6.07) is 5.90. The fourth-order valence-corrected chi connectivity index (χ4v) is 5.57. The highest BCUT2D eigenvalue weighted by atomic mass is 16.3.